The molecule has 0 aromatic heterocycles. The average Bonchev–Trinajstić information content (AvgIpc) is 2.28. The molecule has 0 aliphatic heterocycles. The minimum Gasteiger partial charge on any atom is -0.382 e. The average molecular weight is 216 g/mol. The lowest BCUT2D eigenvalue weighted by Gasteiger charge is -2.16. The van der Waals surface area contributed by atoms with E-state index in [9.17, 15) is 0 Å². The number of hydrogen-bond acceptors (Lipinski definition) is 2. The maximum Gasteiger partial charge on any atom is 0.101 e. The Labute approximate surface area is 98.3 Å². The molecule has 0 radical (unpaired) electrons. The van der Waals surface area contributed by atoms with E-state index >= 15 is 0 Å². The highest BCUT2D eigenvalue weighted by Gasteiger charge is 2.05. The number of nitrogens with one attached hydrogen (secondary N) is 1. The summed E-state index contributed by atoms with van der Waals surface area (Å²) >= 11 is 0. The summed E-state index contributed by atoms with van der Waals surface area (Å²) in [6, 6.07) is 8.62. The van der Waals surface area contributed by atoms with Gasteiger partial charge in [-0.15, -0.1) is 0 Å². The van der Waals surface area contributed by atoms with E-state index in [2.05, 4.69) is 25.2 Å². The largest absolute Gasteiger partial charge is 0.382 e. The molecule has 0 bridgehead atoms. The van der Waals surface area contributed by atoms with Gasteiger partial charge in [-0.3, -0.25) is 0 Å². The van der Waals surface area contributed by atoms with E-state index in [1.807, 2.05) is 25.1 Å². The fourth-order valence-corrected chi connectivity index (χ4v) is 1.72. The van der Waals surface area contributed by atoms with Gasteiger partial charge in [-0.25, -0.2) is 0 Å². The fraction of sp³-hybridized carbons (Fsp3) is 0.500. The van der Waals surface area contributed by atoms with Crippen LogP contribution in [0.1, 0.15) is 44.2 Å². The Morgan fingerprint density at radius 3 is 2.81 bits per heavy atom. The molecule has 0 amide bonds. The standard InChI is InChI=1S/C14H20N2/c1-4-5-6-12(3)16-14-8-7-11(2)9-13(14)10-15/h7-9,12,16H,4-6H2,1-3H3. The van der Waals surface area contributed by atoms with E-state index in [4.69, 9.17) is 5.26 Å². The van der Waals surface area contributed by atoms with Crippen molar-refractivity contribution in [3.63, 3.8) is 0 Å². The van der Waals surface area contributed by atoms with E-state index in [0.717, 1.165) is 23.2 Å². The summed E-state index contributed by atoms with van der Waals surface area (Å²) in [5.74, 6) is 0. The number of hydrogen-bond donors (Lipinski definition) is 1. The molecule has 0 fully saturated rings. The molecule has 1 aromatic rings. The molecule has 2 heteroatoms. The molecule has 1 unspecified atom stereocenters. The van der Waals surface area contributed by atoms with Crippen molar-refractivity contribution in [2.75, 3.05) is 5.32 Å². The third kappa shape index (κ3) is 3.58. The van der Waals surface area contributed by atoms with Crippen molar-refractivity contribution >= 4 is 5.69 Å². The first-order valence-electron chi connectivity index (χ1n) is 5.94. The van der Waals surface area contributed by atoms with Crippen LogP contribution in [0.2, 0.25) is 0 Å². The number of rotatable bonds is 5. The number of nitrogens with zero attached hydrogens (tertiary/aromatic N) is 1. The number of nitriles is 1. The van der Waals surface area contributed by atoms with Gasteiger partial charge in [0.05, 0.1) is 11.3 Å². The highest BCUT2D eigenvalue weighted by molar-refractivity contribution is 5.58. The van der Waals surface area contributed by atoms with Gasteiger partial charge in [-0.05, 0) is 38.0 Å². The molecule has 1 atom stereocenters. The van der Waals surface area contributed by atoms with Crippen LogP contribution in [0.15, 0.2) is 18.2 Å². The molecule has 86 valence electrons. The molecule has 0 aliphatic rings. The van der Waals surface area contributed by atoms with Gasteiger partial charge in [0, 0.05) is 6.04 Å². The third-order valence-corrected chi connectivity index (χ3v) is 2.69. The molecule has 16 heavy (non-hydrogen) atoms. The molecule has 0 saturated carbocycles. The van der Waals surface area contributed by atoms with Crippen LogP contribution in [0.4, 0.5) is 5.69 Å². The molecule has 2 nitrogen and oxygen atoms in total. The summed E-state index contributed by atoms with van der Waals surface area (Å²) in [6.07, 6.45) is 3.59. The Bertz CT molecular complexity index is 377. The summed E-state index contributed by atoms with van der Waals surface area (Å²) in [6.45, 7) is 6.36. The van der Waals surface area contributed by atoms with Gasteiger partial charge in [0.25, 0.3) is 0 Å². The topological polar surface area (TPSA) is 35.8 Å². The van der Waals surface area contributed by atoms with E-state index < -0.39 is 0 Å². The van der Waals surface area contributed by atoms with Crippen LogP contribution in [-0.2, 0) is 0 Å². The maximum atomic E-state index is 9.04. The first-order chi connectivity index (χ1) is 7.67. The zero-order valence-electron chi connectivity index (χ0n) is 10.4. The molecular weight excluding hydrogens is 196 g/mol. The van der Waals surface area contributed by atoms with Gasteiger partial charge in [0.2, 0.25) is 0 Å². The lowest BCUT2D eigenvalue weighted by molar-refractivity contribution is 0.645. The van der Waals surface area contributed by atoms with Crippen molar-refractivity contribution in [1.82, 2.24) is 0 Å². The van der Waals surface area contributed by atoms with Crippen molar-refractivity contribution in [1.29, 1.82) is 5.26 Å². The van der Waals surface area contributed by atoms with Gasteiger partial charge in [-0.2, -0.15) is 5.26 Å². The van der Waals surface area contributed by atoms with Gasteiger partial charge in [0.15, 0.2) is 0 Å². The second-order valence-electron chi connectivity index (χ2n) is 4.35. The zero-order valence-corrected chi connectivity index (χ0v) is 10.4. The summed E-state index contributed by atoms with van der Waals surface area (Å²) < 4.78 is 0. The van der Waals surface area contributed by atoms with Crippen LogP contribution in [0.3, 0.4) is 0 Å². The van der Waals surface area contributed by atoms with Crippen molar-refractivity contribution in [2.24, 2.45) is 0 Å². The van der Waals surface area contributed by atoms with Crippen LogP contribution >= 0.6 is 0 Å². The Hall–Kier alpha value is -1.49. The predicted octanol–water partition coefficient (Wildman–Crippen LogP) is 3.86. The second-order valence-corrected chi connectivity index (χ2v) is 4.35. The normalized spacial score (nSPS) is 11.9. The number of anilines is 1. The quantitative estimate of drug-likeness (QED) is 0.811. The lowest BCUT2D eigenvalue weighted by Crippen LogP contribution is -2.15. The minimum atomic E-state index is 0.426. The van der Waals surface area contributed by atoms with Gasteiger partial charge in [-0.1, -0.05) is 25.8 Å². The van der Waals surface area contributed by atoms with Crippen molar-refractivity contribution in [3.05, 3.63) is 29.3 Å². The zero-order chi connectivity index (χ0) is 12.0. The van der Waals surface area contributed by atoms with Crippen LogP contribution < -0.4 is 5.32 Å². The van der Waals surface area contributed by atoms with E-state index in [1.165, 1.54) is 12.8 Å². The first kappa shape index (κ1) is 12.6. The molecule has 0 aliphatic carbocycles. The lowest BCUT2D eigenvalue weighted by atomic mass is 10.1. The molecular formula is C14H20N2. The van der Waals surface area contributed by atoms with Crippen molar-refractivity contribution in [3.8, 4) is 6.07 Å². The Kier molecular flexibility index (Phi) is 4.85. The van der Waals surface area contributed by atoms with E-state index in [1.54, 1.807) is 0 Å². The van der Waals surface area contributed by atoms with Crippen LogP contribution in [0.25, 0.3) is 0 Å². The molecule has 1 aromatic carbocycles. The number of benzene rings is 1. The van der Waals surface area contributed by atoms with Crippen molar-refractivity contribution < 1.29 is 0 Å². The number of aryl methyl sites for hydroxylation is 1. The van der Waals surface area contributed by atoms with Crippen LogP contribution in [-0.4, -0.2) is 6.04 Å². The minimum absolute atomic E-state index is 0.426. The van der Waals surface area contributed by atoms with Crippen LogP contribution in [0.5, 0.6) is 0 Å². The Morgan fingerprint density at radius 2 is 2.19 bits per heavy atom. The van der Waals surface area contributed by atoms with Crippen LogP contribution in [0, 0.1) is 18.3 Å². The summed E-state index contributed by atoms with van der Waals surface area (Å²) in [4.78, 5) is 0. The van der Waals surface area contributed by atoms with Crippen molar-refractivity contribution in [2.45, 2.75) is 46.1 Å². The molecule has 1 rings (SSSR count). The maximum absolute atomic E-state index is 9.04. The molecule has 1 N–H and O–H groups in total. The van der Waals surface area contributed by atoms with E-state index in [-0.39, 0.29) is 0 Å². The Balaban J connectivity index is 2.70. The summed E-state index contributed by atoms with van der Waals surface area (Å²) in [5, 5.41) is 12.4. The smallest absolute Gasteiger partial charge is 0.101 e. The summed E-state index contributed by atoms with van der Waals surface area (Å²) in [7, 11) is 0. The molecule has 0 heterocycles. The summed E-state index contributed by atoms with van der Waals surface area (Å²) in [5.41, 5.74) is 2.82. The third-order valence-electron chi connectivity index (χ3n) is 2.69. The predicted molar refractivity (Wildman–Crippen MR) is 68.5 cm³/mol. The monoisotopic (exact) mass is 216 g/mol. The highest BCUT2D eigenvalue weighted by atomic mass is 14.9. The second kappa shape index (κ2) is 6.17. The fourth-order valence-electron chi connectivity index (χ4n) is 1.72. The van der Waals surface area contributed by atoms with Gasteiger partial charge in [0.1, 0.15) is 6.07 Å². The first-order valence-corrected chi connectivity index (χ1v) is 5.94. The van der Waals surface area contributed by atoms with Gasteiger partial charge < -0.3 is 5.32 Å². The van der Waals surface area contributed by atoms with Gasteiger partial charge >= 0.3 is 0 Å². The Morgan fingerprint density at radius 1 is 1.44 bits per heavy atom. The number of unbranched alkanes of at least 4 members (excludes halogenated alkanes) is 1. The van der Waals surface area contributed by atoms with E-state index in [0.29, 0.717) is 6.04 Å². The molecule has 0 saturated heterocycles. The molecule has 0 spiro atoms. The SMILES string of the molecule is CCCCC(C)Nc1ccc(C)cc1C#N. The highest BCUT2D eigenvalue weighted by Crippen LogP contribution is 2.18.